The van der Waals surface area contributed by atoms with Gasteiger partial charge in [-0.3, -0.25) is 0 Å². The van der Waals surface area contributed by atoms with Gasteiger partial charge in [-0.1, -0.05) is 30.3 Å². The summed E-state index contributed by atoms with van der Waals surface area (Å²) in [6.07, 6.45) is -5.73. The van der Waals surface area contributed by atoms with Crippen molar-refractivity contribution >= 4 is 6.29 Å². The zero-order chi connectivity index (χ0) is 14.3. The van der Waals surface area contributed by atoms with E-state index >= 15 is 0 Å². The highest BCUT2D eigenvalue weighted by Gasteiger charge is 2.31. The molecule has 0 bridgehead atoms. The monoisotopic (exact) mass is 270 g/mol. The first kappa shape index (κ1) is 15.7. The third kappa shape index (κ3) is 4.70. The summed E-state index contributed by atoms with van der Waals surface area (Å²) in [5, 5.41) is 37.0. The Morgan fingerprint density at radius 2 is 1.74 bits per heavy atom. The molecule has 0 aliphatic heterocycles. The molecular formula is C13H18O6. The summed E-state index contributed by atoms with van der Waals surface area (Å²) in [5.74, 6) is 0. The average molecular weight is 270 g/mol. The van der Waals surface area contributed by atoms with Gasteiger partial charge in [-0.15, -0.1) is 0 Å². The quantitative estimate of drug-likeness (QED) is 0.444. The summed E-state index contributed by atoms with van der Waals surface area (Å²) >= 11 is 0. The van der Waals surface area contributed by atoms with Gasteiger partial charge in [0.2, 0.25) is 0 Å². The zero-order valence-electron chi connectivity index (χ0n) is 10.3. The number of ether oxygens (including phenoxy) is 1. The molecule has 6 heteroatoms. The largest absolute Gasteiger partial charge is 0.394 e. The van der Waals surface area contributed by atoms with Gasteiger partial charge in [-0.2, -0.15) is 0 Å². The minimum absolute atomic E-state index is 0.0866. The maximum Gasteiger partial charge on any atom is 0.151 e. The second-order valence-corrected chi connectivity index (χ2v) is 4.13. The van der Waals surface area contributed by atoms with Crippen molar-refractivity contribution in [2.75, 3.05) is 6.61 Å². The van der Waals surface area contributed by atoms with Crippen LogP contribution in [0.2, 0.25) is 0 Å². The Balaban J connectivity index is 2.55. The van der Waals surface area contributed by atoms with Crippen LogP contribution in [0.5, 0.6) is 0 Å². The topological polar surface area (TPSA) is 107 Å². The van der Waals surface area contributed by atoms with Crippen LogP contribution in [0.4, 0.5) is 0 Å². The number of rotatable bonds is 8. The molecule has 0 saturated heterocycles. The number of hydrogen-bond acceptors (Lipinski definition) is 6. The van der Waals surface area contributed by atoms with E-state index in [2.05, 4.69) is 0 Å². The van der Waals surface area contributed by atoms with Crippen LogP contribution in [0.25, 0.3) is 0 Å². The molecular weight excluding hydrogens is 252 g/mol. The molecule has 1 rings (SSSR count). The Labute approximate surface area is 110 Å². The minimum Gasteiger partial charge on any atom is -0.394 e. The first-order chi connectivity index (χ1) is 9.10. The third-order valence-corrected chi connectivity index (χ3v) is 2.69. The van der Waals surface area contributed by atoms with Gasteiger partial charge < -0.3 is 30.0 Å². The van der Waals surface area contributed by atoms with Crippen LogP contribution < -0.4 is 0 Å². The highest BCUT2D eigenvalue weighted by atomic mass is 16.5. The first-order valence-electron chi connectivity index (χ1n) is 5.86. The highest BCUT2D eigenvalue weighted by molar-refractivity contribution is 5.57. The molecule has 19 heavy (non-hydrogen) atoms. The van der Waals surface area contributed by atoms with E-state index in [4.69, 9.17) is 9.84 Å². The predicted molar refractivity (Wildman–Crippen MR) is 66.2 cm³/mol. The number of aliphatic hydroxyl groups excluding tert-OH is 4. The first-order valence-corrected chi connectivity index (χ1v) is 5.86. The number of carbonyl (C=O) groups excluding carboxylic acids is 1. The van der Waals surface area contributed by atoms with E-state index in [9.17, 15) is 20.1 Å². The minimum atomic E-state index is -1.66. The van der Waals surface area contributed by atoms with Crippen molar-refractivity contribution < 1.29 is 30.0 Å². The van der Waals surface area contributed by atoms with Gasteiger partial charge in [-0.25, -0.2) is 0 Å². The molecule has 0 fully saturated rings. The van der Waals surface area contributed by atoms with E-state index in [1.54, 1.807) is 24.3 Å². The van der Waals surface area contributed by atoms with Crippen LogP contribution in [0.1, 0.15) is 5.56 Å². The van der Waals surface area contributed by atoms with E-state index in [-0.39, 0.29) is 6.61 Å². The lowest BCUT2D eigenvalue weighted by molar-refractivity contribution is -0.147. The number of carbonyl (C=O) groups is 1. The normalized spacial score (nSPS) is 17.5. The highest BCUT2D eigenvalue weighted by Crippen LogP contribution is 2.10. The molecule has 0 aromatic heterocycles. The summed E-state index contributed by atoms with van der Waals surface area (Å²) in [6, 6.07) is 9.00. The van der Waals surface area contributed by atoms with E-state index in [1.165, 1.54) is 0 Å². The number of aliphatic hydroxyl groups is 4. The molecule has 0 radical (unpaired) electrons. The van der Waals surface area contributed by atoms with Crippen LogP contribution >= 0.6 is 0 Å². The Morgan fingerprint density at radius 3 is 2.26 bits per heavy atom. The number of hydrogen-bond donors (Lipinski definition) is 4. The molecule has 0 amide bonds. The van der Waals surface area contributed by atoms with Gasteiger partial charge in [-0.05, 0) is 5.56 Å². The Hall–Kier alpha value is -1.31. The summed E-state index contributed by atoms with van der Waals surface area (Å²) in [5.41, 5.74) is 0.804. The van der Waals surface area contributed by atoms with Crippen molar-refractivity contribution in [3.8, 4) is 0 Å². The number of aldehydes is 1. The molecule has 106 valence electrons. The van der Waals surface area contributed by atoms with Crippen molar-refractivity contribution in [1.29, 1.82) is 0 Å². The van der Waals surface area contributed by atoms with E-state index in [1.807, 2.05) is 6.07 Å². The predicted octanol–water partition coefficient (Wildman–Crippen LogP) is -1.15. The molecule has 1 aromatic rings. The van der Waals surface area contributed by atoms with E-state index < -0.39 is 31.0 Å². The van der Waals surface area contributed by atoms with Gasteiger partial charge in [0.15, 0.2) is 6.29 Å². The Morgan fingerprint density at radius 1 is 1.11 bits per heavy atom. The zero-order valence-corrected chi connectivity index (χ0v) is 10.3. The van der Waals surface area contributed by atoms with Crippen molar-refractivity contribution in [2.45, 2.75) is 31.0 Å². The van der Waals surface area contributed by atoms with Crippen molar-refractivity contribution in [3.63, 3.8) is 0 Å². The Bertz CT molecular complexity index is 369. The molecule has 4 N–H and O–H groups in total. The third-order valence-electron chi connectivity index (χ3n) is 2.69. The lowest BCUT2D eigenvalue weighted by atomic mass is 10.0. The fraction of sp³-hybridized carbons (Fsp3) is 0.462. The van der Waals surface area contributed by atoms with Gasteiger partial charge in [0, 0.05) is 0 Å². The maximum atomic E-state index is 10.8. The SMILES string of the molecule is O=C[C@@H](OCc1ccccc1)[C@@H](O)[C@H](O)[C@H](O)CO. The maximum absolute atomic E-state index is 10.8. The van der Waals surface area contributed by atoms with Crippen LogP contribution in [-0.4, -0.2) is 57.7 Å². The van der Waals surface area contributed by atoms with Crippen LogP contribution in [0, 0.1) is 0 Å². The summed E-state index contributed by atoms with van der Waals surface area (Å²) in [4.78, 5) is 10.8. The lowest BCUT2D eigenvalue weighted by Gasteiger charge is -2.25. The molecule has 0 saturated carbocycles. The van der Waals surface area contributed by atoms with Crippen LogP contribution in [0.15, 0.2) is 30.3 Å². The van der Waals surface area contributed by atoms with Crippen molar-refractivity contribution in [3.05, 3.63) is 35.9 Å². The standard InChI is InChI=1S/C13H18O6/c14-6-10(16)12(17)13(18)11(7-15)19-8-9-4-2-1-3-5-9/h1-5,7,10-14,16-18H,6,8H2/t10-,11-,12-,13-/m1/s1. The molecule has 0 spiro atoms. The summed E-state index contributed by atoms with van der Waals surface area (Å²) in [6.45, 7) is -0.633. The smallest absolute Gasteiger partial charge is 0.151 e. The molecule has 0 unspecified atom stereocenters. The van der Waals surface area contributed by atoms with Gasteiger partial charge in [0.25, 0.3) is 0 Å². The van der Waals surface area contributed by atoms with Crippen molar-refractivity contribution in [2.24, 2.45) is 0 Å². The fourth-order valence-corrected chi connectivity index (χ4v) is 1.51. The van der Waals surface area contributed by atoms with Gasteiger partial charge >= 0.3 is 0 Å². The summed E-state index contributed by atoms with van der Waals surface area (Å²) < 4.78 is 5.18. The average Bonchev–Trinajstić information content (AvgIpc) is 2.47. The second kappa shape index (κ2) is 7.98. The van der Waals surface area contributed by atoms with E-state index in [0.717, 1.165) is 5.56 Å². The molecule has 4 atom stereocenters. The van der Waals surface area contributed by atoms with Crippen LogP contribution in [-0.2, 0) is 16.1 Å². The van der Waals surface area contributed by atoms with Crippen LogP contribution in [0.3, 0.4) is 0 Å². The van der Waals surface area contributed by atoms with Gasteiger partial charge in [0.1, 0.15) is 24.4 Å². The van der Waals surface area contributed by atoms with Crippen molar-refractivity contribution in [1.82, 2.24) is 0 Å². The molecule has 6 nitrogen and oxygen atoms in total. The second-order valence-electron chi connectivity index (χ2n) is 4.13. The number of benzene rings is 1. The molecule has 0 aliphatic carbocycles. The fourth-order valence-electron chi connectivity index (χ4n) is 1.51. The van der Waals surface area contributed by atoms with Gasteiger partial charge in [0.05, 0.1) is 13.2 Å². The Kier molecular flexibility index (Phi) is 6.61. The molecule has 0 aliphatic rings. The molecule has 0 heterocycles. The van der Waals surface area contributed by atoms with E-state index in [0.29, 0.717) is 6.29 Å². The lowest BCUT2D eigenvalue weighted by Crippen LogP contribution is -2.47. The molecule has 1 aromatic carbocycles. The summed E-state index contributed by atoms with van der Waals surface area (Å²) in [7, 11) is 0.